The molecule has 0 saturated carbocycles. The molecule has 0 radical (unpaired) electrons. The van der Waals surface area contributed by atoms with Crippen LogP contribution < -0.4 is 5.32 Å². The largest absolute Gasteiger partial charge is 0.351 e. The fraction of sp³-hybridized carbons (Fsp3) is 0.278. The minimum Gasteiger partial charge on any atom is -0.351 e. The normalized spacial score (nSPS) is 11.6. The first kappa shape index (κ1) is 21.4. The Morgan fingerprint density at radius 3 is 2.67 bits per heavy atom. The number of nitrogens with one attached hydrogen (secondary N) is 1. The van der Waals surface area contributed by atoms with Gasteiger partial charge in [0.05, 0.1) is 12.0 Å². The van der Waals surface area contributed by atoms with E-state index in [1.807, 2.05) is 0 Å². The number of amides is 1. The topological polar surface area (TPSA) is 75.7 Å². The lowest BCUT2D eigenvalue weighted by Crippen LogP contribution is -2.28. The van der Waals surface area contributed by atoms with Gasteiger partial charge in [0.1, 0.15) is 5.82 Å². The molecule has 0 aliphatic carbocycles. The summed E-state index contributed by atoms with van der Waals surface area (Å²) in [4.78, 5) is 16.9. The minimum absolute atomic E-state index is 0.0339. The van der Waals surface area contributed by atoms with E-state index in [1.54, 1.807) is 18.2 Å². The summed E-state index contributed by atoms with van der Waals surface area (Å²) in [6, 6.07) is 12.3. The van der Waals surface area contributed by atoms with E-state index in [4.69, 9.17) is 4.84 Å². The second kappa shape index (κ2) is 9.84. The summed E-state index contributed by atoms with van der Waals surface area (Å²) >= 11 is 1.50. The maximum atomic E-state index is 13.5. The summed E-state index contributed by atoms with van der Waals surface area (Å²) in [5.41, 5.74) is 0.855. The molecule has 1 N–H and O–H groups in total. The third-order valence-electron chi connectivity index (χ3n) is 3.74. The van der Waals surface area contributed by atoms with Crippen molar-refractivity contribution in [2.75, 3.05) is 26.5 Å². The molecule has 27 heavy (non-hydrogen) atoms. The van der Waals surface area contributed by atoms with Crippen LogP contribution in [0.5, 0.6) is 0 Å². The fourth-order valence-electron chi connectivity index (χ4n) is 2.18. The molecule has 0 atom stereocenters. The predicted octanol–water partition coefficient (Wildman–Crippen LogP) is 2.67. The highest BCUT2D eigenvalue weighted by molar-refractivity contribution is 7.98. The molecule has 0 saturated heterocycles. The molecule has 2 aromatic rings. The van der Waals surface area contributed by atoms with E-state index in [2.05, 4.69) is 5.32 Å². The molecule has 6 nitrogen and oxygen atoms in total. The molecule has 0 aliphatic heterocycles. The van der Waals surface area contributed by atoms with Gasteiger partial charge < -0.3 is 5.32 Å². The highest BCUT2D eigenvalue weighted by Gasteiger charge is 2.21. The molecule has 0 spiro atoms. The maximum Gasteiger partial charge on any atom is 0.264 e. The van der Waals surface area contributed by atoms with Crippen LogP contribution >= 0.6 is 11.8 Å². The van der Waals surface area contributed by atoms with Gasteiger partial charge in [0.15, 0.2) is 0 Å². The molecule has 9 heteroatoms. The van der Waals surface area contributed by atoms with Crippen molar-refractivity contribution < 1.29 is 22.4 Å². The van der Waals surface area contributed by atoms with Crippen molar-refractivity contribution in [3.8, 4) is 0 Å². The van der Waals surface area contributed by atoms with Crippen LogP contribution in [0.4, 0.5) is 4.39 Å². The van der Waals surface area contributed by atoms with Gasteiger partial charge in [-0.05, 0) is 29.8 Å². The monoisotopic (exact) mass is 412 g/mol. The molecule has 0 heterocycles. The number of hydrogen-bond donors (Lipinski definition) is 1. The zero-order chi connectivity index (χ0) is 19.9. The molecule has 2 rings (SSSR count). The maximum absolute atomic E-state index is 13.5. The number of rotatable bonds is 9. The number of hydroxylamine groups is 1. The van der Waals surface area contributed by atoms with Crippen LogP contribution in [0.2, 0.25) is 0 Å². The fourth-order valence-corrected chi connectivity index (χ4v) is 4.05. The van der Waals surface area contributed by atoms with Gasteiger partial charge in [-0.25, -0.2) is 12.8 Å². The van der Waals surface area contributed by atoms with Gasteiger partial charge in [-0.1, -0.05) is 28.7 Å². The van der Waals surface area contributed by atoms with Crippen LogP contribution in [-0.2, 0) is 20.6 Å². The average molecular weight is 413 g/mol. The summed E-state index contributed by atoms with van der Waals surface area (Å²) in [5.74, 6) is 0.496. The lowest BCUT2D eigenvalue weighted by Gasteiger charge is -2.14. The van der Waals surface area contributed by atoms with Gasteiger partial charge in [0.25, 0.3) is 15.9 Å². The lowest BCUT2D eigenvalue weighted by atomic mass is 10.2. The third kappa shape index (κ3) is 5.77. The summed E-state index contributed by atoms with van der Waals surface area (Å²) < 4.78 is 38.7. The second-order valence-electron chi connectivity index (χ2n) is 5.53. The summed E-state index contributed by atoms with van der Waals surface area (Å²) in [7, 11) is -1.30. The highest BCUT2D eigenvalue weighted by atomic mass is 32.2. The Balaban J connectivity index is 1.88. The smallest absolute Gasteiger partial charge is 0.264 e. The number of thioether (sulfide) groups is 1. The molecule has 2 aromatic carbocycles. The Morgan fingerprint density at radius 2 is 1.96 bits per heavy atom. The van der Waals surface area contributed by atoms with Crippen LogP contribution in [0.1, 0.15) is 15.9 Å². The van der Waals surface area contributed by atoms with Gasteiger partial charge in [0.2, 0.25) is 0 Å². The number of halogens is 1. The SMILES string of the molecule is CON(C)S(=O)(=O)c1cccc(C(=O)NCCSCc2ccccc2F)c1. The number of carbonyl (C=O) groups excluding carboxylic acids is 1. The first-order chi connectivity index (χ1) is 12.9. The first-order valence-electron chi connectivity index (χ1n) is 8.08. The molecular formula is C18H21FN2O4S2. The number of benzene rings is 2. The van der Waals surface area contributed by atoms with Gasteiger partial charge in [-0.3, -0.25) is 9.63 Å². The number of hydrogen-bond acceptors (Lipinski definition) is 5. The standard InChI is InChI=1S/C18H21FN2O4S2/c1-21(25-2)27(23,24)16-8-5-7-14(12-16)18(22)20-10-11-26-13-15-6-3-4-9-17(15)19/h3-9,12H,10-11,13H2,1-2H3,(H,20,22). The Bertz CT molecular complexity index is 890. The van der Waals surface area contributed by atoms with E-state index in [-0.39, 0.29) is 22.2 Å². The minimum atomic E-state index is -3.82. The van der Waals surface area contributed by atoms with Crippen molar-refractivity contribution in [2.24, 2.45) is 0 Å². The van der Waals surface area contributed by atoms with Gasteiger partial charge >= 0.3 is 0 Å². The van der Waals surface area contributed by atoms with Crippen molar-refractivity contribution in [1.82, 2.24) is 9.79 Å². The Morgan fingerprint density at radius 1 is 1.22 bits per heavy atom. The lowest BCUT2D eigenvalue weighted by molar-refractivity contribution is -0.0258. The summed E-state index contributed by atoms with van der Waals surface area (Å²) in [6.07, 6.45) is 0. The number of nitrogens with zero attached hydrogens (tertiary/aromatic N) is 1. The van der Waals surface area contributed by atoms with Crippen LogP contribution in [0, 0.1) is 5.82 Å². The average Bonchev–Trinajstić information content (AvgIpc) is 2.68. The zero-order valence-corrected chi connectivity index (χ0v) is 16.6. The number of sulfonamides is 1. The molecule has 0 unspecified atom stereocenters. The summed E-state index contributed by atoms with van der Waals surface area (Å²) in [5, 5.41) is 2.73. The molecular weight excluding hydrogens is 391 g/mol. The van der Waals surface area contributed by atoms with E-state index in [9.17, 15) is 17.6 Å². The van der Waals surface area contributed by atoms with E-state index < -0.39 is 10.0 Å². The van der Waals surface area contributed by atoms with E-state index in [0.29, 0.717) is 23.6 Å². The molecule has 0 fully saturated rings. The number of carbonyl (C=O) groups is 1. The highest BCUT2D eigenvalue weighted by Crippen LogP contribution is 2.17. The Labute approximate surface area is 162 Å². The van der Waals surface area contributed by atoms with Gasteiger partial charge in [-0.2, -0.15) is 11.8 Å². The van der Waals surface area contributed by atoms with Crippen molar-refractivity contribution in [3.05, 3.63) is 65.5 Å². The van der Waals surface area contributed by atoms with Crippen molar-refractivity contribution in [1.29, 1.82) is 0 Å². The quantitative estimate of drug-likeness (QED) is 0.506. The van der Waals surface area contributed by atoms with Crippen LogP contribution in [0.3, 0.4) is 0 Å². The Kier molecular flexibility index (Phi) is 7.78. The van der Waals surface area contributed by atoms with Crippen molar-refractivity contribution in [3.63, 3.8) is 0 Å². The molecule has 146 valence electrons. The van der Waals surface area contributed by atoms with Crippen LogP contribution in [0.25, 0.3) is 0 Å². The van der Waals surface area contributed by atoms with E-state index in [1.165, 1.54) is 56.3 Å². The first-order valence-corrected chi connectivity index (χ1v) is 10.7. The van der Waals surface area contributed by atoms with E-state index in [0.717, 1.165) is 4.47 Å². The second-order valence-corrected chi connectivity index (χ2v) is 8.57. The zero-order valence-electron chi connectivity index (χ0n) is 15.0. The third-order valence-corrected chi connectivity index (χ3v) is 6.42. The molecule has 0 aromatic heterocycles. The predicted molar refractivity (Wildman–Crippen MR) is 103 cm³/mol. The van der Waals surface area contributed by atoms with Crippen LogP contribution in [0.15, 0.2) is 53.4 Å². The van der Waals surface area contributed by atoms with E-state index >= 15 is 0 Å². The molecule has 1 amide bonds. The van der Waals surface area contributed by atoms with Crippen LogP contribution in [-0.4, -0.2) is 45.2 Å². The van der Waals surface area contributed by atoms with Crippen molar-refractivity contribution >= 4 is 27.7 Å². The van der Waals surface area contributed by atoms with Crippen molar-refractivity contribution in [2.45, 2.75) is 10.6 Å². The summed E-state index contributed by atoms with van der Waals surface area (Å²) in [6.45, 7) is 0.382. The molecule has 0 aliphatic rings. The molecule has 0 bridgehead atoms. The Hall–Kier alpha value is -1.94. The van der Waals surface area contributed by atoms with Gasteiger partial charge in [0, 0.05) is 30.7 Å². The van der Waals surface area contributed by atoms with Gasteiger partial charge in [-0.15, -0.1) is 0 Å².